The predicted octanol–water partition coefficient (Wildman–Crippen LogP) is 1.22. The van der Waals surface area contributed by atoms with Gasteiger partial charge in [0.1, 0.15) is 6.04 Å². The van der Waals surface area contributed by atoms with Crippen molar-refractivity contribution in [1.29, 1.82) is 0 Å². The van der Waals surface area contributed by atoms with Crippen LogP contribution >= 0.6 is 0 Å². The van der Waals surface area contributed by atoms with Gasteiger partial charge in [0.15, 0.2) is 12.2 Å². The van der Waals surface area contributed by atoms with Crippen molar-refractivity contribution in [3.05, 3.63) is 24.0 Å². The number of carbonyl (C=O) groups is 4. The fraction of sp³-hybridized carbons (Fsp3) is 0.652. The Morgan fingerprint density at radius 3 is 2.48 bits per heavy atom. The standard InChI is InChI=1S/C23H35N3O7/c1-14(2)8-9-24-20(27)17(11-15(3)4)25-21(28)18-19(33-18)23(30)32-13-31-22(29)16-7-6-10-26(5)12-16/h6,10,12,14-15,17-19H,7-9,11,13H2,1-5H3,(H,24,27)(H,25,28)/t17-,18-,19-/m1/s1. The van der Waals surface area contributed by atoms with Gasteiger partial charge in [0.2, 0.25) is 12.7 Å². The van der Waals surface area contributed by atoms with Crippen LogP contribution in [0.5, 0.6) is 0 Å². The Bertz CT molecular complexity index is 791. The normalized spacial score (nSPS) is 20.2. The van der Waals surface area contributed by atoms with Gasteiger partial charge >= 0.3 is 11.9 Å². The molecule has 0 aromatic carbocycles. The lowest BCUT2D eigenvalue weighted by atomic mass is 10.0. The Morgan fingerprint density at radius 1 is 1.12 bits per heavy atom. The maximum Gasteiger partial charge on any atom is 0.341 e. The van der Waals surface area contributed by atoms with Crippen molar-refractivity contribution >= 4 is 23.8 Å². The predicted molar refractivity (Wildman–Crippen MR) is 119 cm³/mol. The molecule has 0 radical (unpaired) electrons. The summed E-state index contributed by atoms with van der Waals surface area (Å²) in [5, 5.41) is 5.51. The van der Waals surface area contributed by atoms with Crippen molar-refractivity contribution in [2.75, 3.05) is 20.4 Å². The van der Waals surface area contributed by atoms with Gasteiger partial charge in [-0.25, -0.2) is 9.59 Å². The summed E-state index contributed by atoms with van der Waals surface area (Å²) in [6.07, 6.45) is 4.84. The number of nitrogens with one attached hydrogen (secondary N) is 2. The van der Waals surface area contributed by atoms with Gasteiger partial charge in [0.05, 0.1) is 5.57 Å². The molecule has 2 aliphatic heterocycles. The number of ether oxygens (including phenoxy) is 3. The quantitative estimate of drug-likeness (QED) is 0.250. The molecule has 3 atom stereocenters. The number of allylic oxidation sites excluding steroid dienone is 1. The number of carbonyl (C=O) groups excluding carboxylic acids is 4. The smallest absolute Gasteiger partial charge is 0.341 e. The van der Waals surface area contributed by atoms with Gasteiger partial charge in [-0.3, -0.25) is 9.59 Å². The summed E-state index contributed by atoms with van der Waals surface area (Å²) in [5.41, 5.74) is 0.429. The molecular formula is C23H35N3O7. The van der Waals surface area contributed by atoms with E-state index < -0.39 is 42.9 Å². The van der Waals surface area contributed by atoms with Gasteiger partial charge in [-0.2, -0.15) is 0 Å². The fourth-order valence-corrected chi connectivity index (χ4v) is 3.19. The highest BCUT2D eigenvalue weighted by Gasteiger charge is 2.52. The minimum atomic E-state index is -1.09. The van der Waals surface area contributed by atoms with Gasteiger partial charge in [0.25, 0.3) is 5.91 Å². The van der Waals surface area contributed by atoms with Crippen molar-refractivity contribution in [1.82, 2.24) is 15.5 Å². The Kier molecular flexibility index (Phi) is 9.90. The van der Waals surface area contributed by atoms with E-state index in [-0.39, 0.29) is 11.8 Å². The zero-order valence-corrected chi connectivity index (χ0v) is 20.0. The molecule has 0 unspecified atom stereocenters. The second-order valence-corrected chi connectivity index (χ2v) is 9.06. The molecule has 10 nitrogen and oxygen atoms in total. The van der Waals surface area contributed by atoms with Crippen LogP contribution in [-0.4, -0.2) is 67.3 Å². The molecule has 0 saturated carbocycles. The Hall–Kier alpha value is -2.88. The lowest BCUT2D eigenvalue weighted by Gasteiger charge is -2.20. The summed E-state index contributed by atoms with van der Waals surface area (Å²) in [5.74, 6) is -1.59. The van der Waals surface area contributed by atoms with Crippen LogP contribution in [0.15, 0.2) is 24.0 Å². The molecule has 33 heavy (non-hydrogen) atoms. The topological polar surface area (TPSA) is 127 Å². The van der Waals surface area contributed by atoms with Crippen molar-refractivity contribution in [2.24, 2.45) is 11.8 Å². The van der Waals surface area contributed by atoms with E-state index in [9.17, 15) is 19.2 Å². The Morgan fingerprint density at radius 2 is 1.85 bits per heavy atom. The number of nitrogens with zero attached hydrogens (tertiary/aromatic N) is 1. The van der Waals surface area contributed by atoms with E-state index in [2.05, 4.69) is 24.5 Å². The molecule has 0 aromatic heterocycles. The molecule has 0 spiro atoms. The highest BCUT2D eigenvalue weighted by Crippen LogP contribution is 2.24. The summed E-state index contributed by atoms with van der Waals surface area (Å²) < 4.78 is 15.0. The van der Waals surface area contributed by atoms with Crippen molar-refractivity contribution in [3.63, 3.8) is 0 Å². The summed E-state index contributed by atoms with van der Waals surface area (Å²) in [6.45, 7) is 7.98. The first kappa shape index (κ1) is 26.4. The van der Waals surface area contributed by atoms with Crippen molar-refractivity contribution < 1.29 is 33.4 Å². The van der Waals surface area contributed by atoms with E-state index >= 15 is 0 Å². The molecule has 0 aromatic rings. The van der Waals surface area contributed by atoms with Gasteiger partial charge in [-0.15, -0.1) is 0 Å². The highest BCUT2D eigenvalue weighted by atomic mass is 16.7. The molecule has 184 valence electrons. The molecule has 1 saturated heterocycles. The van der Waals surface area contributed by atoms with Crippen LogP contribution in [0, 0.1) is 11.8 Å². The lowest BCUT2D eigenvalue weighted by Crippen LogP contribution is -2.49. The summed E-state index contributed by atoms with van der Waals surface area (Å²) >= 11 is 0. The zero-order chi connectivity index (χ0) is 24.5. The van der Waals surface area contributed by atoms with Crippen molar-refractivity contribution in [2.45, 2.75) is 65.2 Å². The minimum absolute atomic E-state index is 0.177. The molecule has 2 aliphatic rings. The van der Waals surface area contributed by atoms with Crippen LogP contribution in [0.25, 0.3) is 0 Å². The molecule has 2 N–H and O–H groups in total. The number of rotatable bonds is 12. The third kappa shape index (κ3) is 8.88. The Labute approximate surface area is 194 Å². The second kappa shape index (κ2) is 12.4. The van der Waals surface area contributed by atoms with Crippen molar-refractivity contribution in [3.8, 4) is 0 Å². The molecule has 0 aliphatic carbocycles. The molecular weight excluding hydrogens is 430 g/mol. The molecule has 2 amide bonds. The second-order valence-electron chi connectivity index (χ2n) is 9.06. The number of esters is 2. The van der Waals surface area contributed by atoms with Crippen LogP contribution in [-0.2, 0) is 33.4 Å². The molecule has 10 heteroatoms. The van der Waals surface area contributed by atoms with E-state index in [0.29, 0.717) is 30.9 Å². The summed E-state index contributed by atoms with van der Waals surface area (Å²) in [6, 6.07) is -0.720. The highest BCUT2D eigenvalue weighted by molar-refractivity contribution is 5.95. The van der Waals surface area contributed by atoms with Crippen LogP contribution < -0.4 is 10.6 Å². The van der Waals surface area contributed by atoms with Gasteiger partial charge in [-0.1, -0.05) is 33.8 Å². The van der Waals surface area contributed by atoms with Gasteiger partial charge < -0.3 is 29.7 Å². The van der Waals surface area contributed by atoms with Crippen LogP contribution in [0.4, 0.5) is 0 Å². The summed E-state index contributed by atoms with van der Waals surface area (Å²) in [4.78, 5) is 50.8. The average Bonchev–Trinajstić information content (AvgIpc) is 3.53. The maximum atomic E-state index is 12.5. The maximum absolute atomic E-state index is 12.5. The first-order chi connectivity index (χ1) is 15.6. The number of hydrogen-bond acceptors (Lipinski definition) is 8. The average molecular weight is 466 g/mol. The van der Waals surface area contributed by atoms with Crippen LogP contribution in [0.1, 0.15) is 47.0 Å². The van der Waals surface area contributed by atoms with E-state index in [1.54, 1.807) is 24.2 Å². The third-order valence-corrected chi connectivity index (χ3v) is 5.03. The van der Waals surface area contributed by atoms with E-state index in [4.69, 9.17) is 14.2 Å². The van der Waals surface area contributed by atoms with E-state index in [0.717, 1.165) is 6.42 Å². The number of amides is 2. The monoisotopic (exact) mass is 465 g/mol. The largest absolute Gasteiger partial charge is 0.426 e. The van der Waals surface area contributed by atoms with Gasteiger partial charge in [0, 0.05) is 26.2 Å². The molecule has 2 rings (SSSR count). The number of hydrogen-bond donors (Lipinski definition) is 2. The number of epoxide rings is 1. The molecule has 0 bridgehead atoms. The molecule has 2 heterocycles. The lowest BCUT2D eigenvalue weighted by molar-refractivity contribution is -0.165. The third-order valence-electron chi connectivity index (χ3n) is 5.03. The first-order valence-electron chi connectivity index (χ1n) is 11.2. The van der Waals surface area contributed by atoms with E-state index in [1.807, 2.05) is 20.0 Å². The molecule has 1 fully saturated rings. The van der Waals surface area contributed by atoms with E-state index in [1.165, 1.54) is 0 Å². The zero-order valence-electron chi connectivity index (χ0n) is 20.0. The first-order valence-corrected chi connectivity index (χ1v) is 11.2. The minimum Gasteiger partial charge on any atom is -0.426 e. The van der Waals surface area contributed by atoms with Crippen LogP contribution in [0.2, 0.25) is 0 Å². The SMILES string of the molecule is CC(C)CCNC(=O)[C@@H](CC(C)C)NC(=O)[C@@H]1O[C@H]1C(=O)OCOC(=O)C1=CN(C)C=CC1. The summed E-state index contributed by atoms with van der Waals surface area (Å²) in [7, 11) is 1.78. The fourth-order valence-electron chi connectivity index (χ4n) is 3.19. The van der Waals surface area contributed by atoms with Crippen LogP contribution in [0.3, 0.4) is 0 Å². The van der Waals surface area contributed by atoms with Gasteiger partial charge in [-0.05, 0) is 30.9 Å². The Balaban J connectivity index is 1.76.